The fourth-order valence-corrected chi connectivity index (χ4v) is 2.94. The third-order valence-electron chi connectivity index (χ3n) is 5.13. The second-order valence-corrected chi connectivity index (χ2v) is 7.26. The number of carbonyl (C=O) groups excluding carboxylic acids is 3. The molecule has 0 heterocycles. The highest BCUT2D eigenvalue weighted by molar-refractivity contribution is 6.12. The lowest BCUT2D eigenvalue weighted by Crippen LogP contribution is -2.64. The number of benzene rings is 2. The van der Waals surface area contributed by atoms with Crippen LogP contribution in [0.5, 0.6) is 0 Å². The maximum atomic E-state index is 12.9. The van der Waals surface area contributed by atoms with Gasteiger partial charge in [0.25, 0.3) is 17.7 Å². The Bertz CT molecular complexity index is 1020. The first-order valence-corrected chi connectivity index (χ1v) is 10.1. The molecule has 2 rings (SSSR count). The number of aliphatic hydroxyl groups is 1. The molecule has 0 aromatic heterocycles. The van der Waals surface area contributed by atoms with E-state index in [1.807, 2.05) is 24.3 Å². The first-order chi connectivity index (χ1) is 15.8. The summed E-state index contributed by atoms with van der Waals surface area (Å²) in [5.74, 6) is 3.68. The van der Waals surface area contributed by atoms with E-state index in [4.69, 9.17) is 15.1 Å². The van der Waals surface area contributed by atoms with Gasteiger partial charge in [0.05, 0.1) is 19.8 Å². The number of hydroxylamine groups is 1. The molecule has 33 heavy (non-hydrogen) atoms. The summed E-state index contributed by atoms with van der Waals surface area (Å²) in [4.78, 5) is 38.2. The van der Waals surface area contributed by atoms with Gasteiger partial charge in [-0.2, -0.15) is 0 Å². The molecule has 9 nitrogen and oxygen atoms in total. The summed E-state index contributed by atoms with van der Waals surface area (Å²) >= 11 is 0. The Hall–Kier alpha value is -3.71. The van der Waals surface area contributed by atoms with Gasteiger partial charge in [-0.1, -0.05) is 24.0 Å². The van der Waals surface area contributed by atoms with Crippen molar-refractivity contribution in [3.63, 3.8) is 0 Å². The topological polar surface area (TPSA) is 128 Å². The molecule has 0 fully saturated rings. The standard InChI is InChI=1S/C24H27N3O6/c1-24(22(30)25-2,23(31)26-32)27(3)21(29)20-12-10-18(11-13-20)5-4-17-6-8-19(9-7-17)16-33-15-14-28/h6-13,28,32H,14-16H2,1-3H3,(H,25,30)(H,26,31)/t24-/m0/s1. The van der Waals surface area contributed by atoms with Crippen LogP contribution in [0.25, 0.3) is 0 Å². The van der Waals surface area contributed by atoms with Crippen LogP contribution in [0, 0.1) is 11.8 Å². The van der Waals surface area contributed by atoms with Gasteiger partial charge in [0.2, 0.25) is 0 Å². The minimum Gasteiger partial charge on any atom is -0.394 e. The van der Waals surface area contributed by atoms with E-state index in [9.17, 15) is 14.4 Å². The first kappa shape index (κ1) is 25.5. The van der Waals surface area contributed by atoms with Gasteiger partial charge in [0.15, 0.2) is 5.54 Å². The van der Waals surface area contributed by atoms with Crippen LogP contribution in [0.2, 0.25) is 0 Å². The molecule has 9 heteroatoms. The number of carbonyl (C=O) groups is 3. The Labute approximate surface area is 192 Å². The average Bonchev–Trinajstić information content (AvgIpc) is 2.86. The minimum absolute atomic E-state index is 0.0182. The van der Waals surface area contributed by atoms with Crippen LogP contribution in [-0.2, 0) is 20.9 Å². The molecular weight excluding hydrogens is 426 g/mol. The highest BCUT2D eigenvalue weighted by Crippen LogP contribution is 2.18. The van der Waals surface area contributed by atoms with Crippen LogP contribution in [-0.4, -0.2) is 65.8 Å². The zero-order valence-corrected chi connectivity index (χ0v) is 18.7. The van der Waals surface area contributed by atoms with Gasteiger partial charge < -0.3 is 20.1 Å². The molecule has 1 atom stereocenters. The monoisotopic (exact) mass is 453 g/mol. The predicted octanol–water partition coefficient (Wildman–Crippen LogP) is 0.677. The number of amides is 3. The van der Waals surface area contributed by atoms with Crippen molar-refractivity contribution in [2.45, 2.75) is 19.1 Å². The van der Waals surface area contributed by atoms with Gasteiger partial charge in [-0.05, 0) is 48.9 Å². The first-order valence-electron chi connectivity index (χ1n) is 10.1. The molecule has 0 aliphatic heterocycles. The highest BCUT2D eigenvalue weighted by atomic mass is 16.5. The Morgan fingerprint density at radius 3 is 2.03 bits per heavy atom. The van der Waals surface area contributed by atoms with Gasteiger partial charge in [-0.25, -0.2) is 5.48 Å². The van der Waals surface area contributed by atoms with Crippen molar-refractivity contribution < 1.29 is 29.4 Å². The maximum absolute atomic E-state index is 12.9. The summed E-state index contributed by atoms with van der Waals surface area (Å²) in [5.41, 5.74) is 2.18. The molecule has 0 spiro atoms. The Morgan fingerprint density at radius 2 is 1.55 bits per heavy atom. The Kier molecular flexibility index (Phi) is 9.12. The van der Waals surface area contributed by atoms with E-state index in [0.29, 0.717) is 12.2 Å². The third kappa shape index (κ3) is 6.17. The van der Waals surface area contributed by atoms with Crippen LogP contribution in [0.3, 0.4) is 0 Å². The van der Waals surface area contributed by atoms with E-state index in [1.165, 1.54) is 26.5 Å². The van der Waals surface area contributed by atoms with E-state index < -0.39 is 23.3 Å². The number of hydrogen-bond acceptors (Lipinski definition) is 6. The van der Waals surface area contributed by atoms with Crippen LogP contribution in [0.15, 0.2) is 48.5 Å². The van der Waals surface area contributed by atoms with Crippen molar-refractivity contribution in [1.82, 2.24) is 15.7 Å². The van der Waals surface area contributed by atoms with Crippen LogP contribution in [0.1, 0.15) is 34.0 Å². The summed E-state index contributed by atoms with van der Waals surface area (Å²) in [7, 11) is 2.63. The predicted molar refractivity (Wildman–Crippen MR) is 120 cm³/mol. The van der Waals surface area contributed by atoms with Crippen LogP contribution < -0.4 is 10.8 Å². The lowest BCUT2D eigenvalue weighted by Gasteiger charge is -2.34. The minimum atomic E-state index is -1.95. The van der Waals surface area contributed by atoms with Gasteiger partial charge in [-0.3, -0.25) is 19.6 Å². The maximum Gasteiger partial charge on any atom is 0.278 e. The number of aliphatic hydroxyl groups excluding tert-OH is 1. The highest BCUT2D eigenvalue weighted by Gasteiger charge is 2.47. The molecule has 2 aromatic carbocycles. The zero-order chi connectivity index (χ0) is 24.4. The van der Waals surface area contributed by atoms with Crippen molar-refractivity contribution in [3.8, 4) is 11.8 Å². The molecule has 0 bridgehead atoms. The lowest BCUT2D eigenvalue weighted by atomic mass is 9.96. The van der Waals surface area contributed by atoms with Gasteiger partial charge >= 0.3 is 0 Å². The van der Waals surface area contributed by atoms with E-state index in [1.54, 1.807) is 24.3 Å². The molecule has 0 saturated heterocycles. The molecule has 3 amide bonds. The third-order valence-corrected chi connectivity index (χ3v) is 5.13. The number of hydrogen-bond donors (Lipinski definition) is 4. The summed E-state index contributed by atoms with van der Waals surface area (Å²) in [5, 5.41) is 20.1. The second-order valence-electron chi connectivity index (χ2n) is 7.26. The smallest absolute Gasteiger partial charge is 0.278 e. The largest absolute Gasteiger partial charge is 0.394 e. The van der Waals surface area contributed by atoms with Crippen LogP contribution >= 0.6 is 0 Å². The van der Waals surface area contributed by atoms with E-state index >= 15 is 0 Å². The average molecular weight is 453 g/mol. The molecule has 0 saturated carbocycles. The van der Waals surface area contributed by atoms with E-state index in [0.717, 1.165) is 16.0 Å². The molecule has 4 N–H and O–H groups in total. The molecular formula is C24H27N3O6. The Balaban J connectivity index is 2.13. The number of rotatable bonds is 8. The number of nitrogens with one attached hydrogen (secondary N) is 2. The van der Waals surface area contributed by atoms with Crippen molar-refractivity contribution in [2.24, 2.45) is 0 Å². The molecule has 0 aliphatic carbocycles. The normalized spacial score (nSPS) is 12.0. The summed E-state index contributed by atoms with van der Waals surface area (Å²) in [6.45, 7) is 1.92. The van der Waals surface area contributed by atoms with Crippen LogP contribution in [0.4, 0.5) is 0 Å². The SMILES string of the molecule is CNC(=O)[C@@](C)(C(=O)NO)N(C)C(=O)c1ccc(C#Cc2ccc(COCCO)cc2)cc1. The van der Waals surface area contributed by atoms with Crippen molar-refractivity contribution in [3.05, 3.63) is 70.8 Å². The van der Waals surface area contributed by atoms with E-state index in [-0.39, 0.29) is 18.8 Å². The van der Waals surface area contributed by atoms with Gasteiger partial charge in [-0.15, -0.1) is 0 Å². The van der Waals surface area contributed by atoms with Crippen molar-refractivity contribution in [2.75, 3.05) is 27.3 Å². The quantitative estimate of drug-likeness (QED) is 0.153. The number of nitrogens with zero attached hydrogens (tertiary/aromatic N) is 1. The van der Waals surface area contributed by atoms with Gasteiger partial charge in [0.1, 0.15) is 0 Å². The number of ether oxygens (including phenoxy) is 1. The second kappa shape index (κ2) is 11.8. The molecule has 0 aliphatic rings. The summed E-state index contributed by atoms with van der Waals surface area (Å²) < 4.78 is 5.27. The van der Waals surface area contributed by atoms with Gasteiger partial charge in [0, 0.05) is 30.8 Å². The lowest BCUT2D eigenvalue weighted by molar-refractivity contribution is -0.148. The van der Waals surface area contributed by atoms with Crippen molar-refractivity contribution >= 4 is 17.7 Å². The summed E-state index contributed by atoms with van der Waals surface area (Å²) in [6.07, 6.45) is 0. The zero-order valence-electron chi connectivity index (χ0n) is 18.7. The molecule has 0 unspecified atom stereocenters. The molecule has 174 valence electrons. The summed E-state index contributed by atoms with van der Waals surface area (Å²) in [6, 6.07) is 13.9. The fraction of sp³-hybridized carbons (Fsp3) is 0.292. The number of likely N-dealkylation sites (N-methyl/N-ethyl adjacent to an activating group) is 2. The van der Waals surface area contributed by atoms with E-state index in [2.05, 4.69) is 17.2 Å². The van der Waals surface area contributed by atoms with Crippen molar-refractivity contribution in [1.29, 1.82) is 0 Å². The fourth-order valence-electron chi connectivity index (χ4n) is 2.94. The Morgan fingerprint density at radius 1 is 1.00 bits per heavy atom. The molecule has 2 aromatic rings. The molecule has 0 radical (unpaired) electrons.